The van der Waals surface area contributed by atoms with E-state index in [9.17, 15) is 0 Å². The standard InChI is InChI=1S/C16H19N3/c1-11-6-7-14(10-18-11)16(19-17)15-8-12-4-2-3-5-13(12)9-15/h2-7,10,15-16,19H,8-9,17H2,1H3. The zero-order chi connectivity index (χ0) is 13.2. The van der Waals surface area contributed by atoms with E-state index in [0.717, 1.165) is 18.5 Å². The van der Waals surface area contributed by atoms with Gasteiger partial charge in [-0.1, -0.05) is 30.3 Å². The minimum absolute atomic E-state index is 0.167. The van der Waals surface area contributed by atoms with Crippen LogP contribution in [-0.4, -0.2) is 4.98 Å². The van der Waals surface area contributed by atoms with Gasteiger partial charge in [0.1, 0.15) is 0 Å². The van der Waals surface area contributed by atoms with Gasteiger partial charge in [-0.15, -0.1) is 0 Å². The molecule has 2 aromatic rings. The Labute approximate surface area is 113 Å². The van der Waals surface area contributed by atoms with Gasteiger partial charge in [0.15, 0.2) is 0 Å². The summed E-state index contributed by atoms with van der Waals surface area (Å²) in [5.74, 6) is 6.29. The minimum Gasteiger partial charge on any atom is -0.271 e. The third kappa shape index (κ3) is 2.39. The van der Waals surface area contributed by atoms with Crippen molar-refractivity contribution in [2.75, 3.05) is 0 Å². The van der Waals surface area contributed by atoms with E-state index in [4.69, 9.17) is 5.84 Å². The first-order valence-corrected chi connectivity index (χ1v) is 6.73. The van der Waals surface area contributed by atoms with Crippen molar-refractivity contribution >= 4 is 0 Å². The SMILES string of the molecule is Cc1ccc(C(NN)C2Cc3ccccc3C2)cn1. The van der Waals surface area contributed by atoms with E-state index in [2.05, 4.69) is 40.7 Å². The van der Waals surface area contributed by atoms with E-state index < -0.39 is 0 Å². The molecule has 1 aromatic carbocycles. The highest BCUT2D eigenvalue weighted by Gasteiger charge is 2.28. The lowest BCUT2D eigenvalue weighted by molar-refractivity contribution is 0.379. The molecule has 0 spiro atoms. The van der Waals surface area contributed by atoms with Crippen LogP contribution < -0.4 is 11.3 Å². The summed E-state index contributed by atoms with van der Waals surface area (Å²) in [6.45, 7) is 2.00. The van der Waals surface area contributed by atoms with Gasteiger partial charge >= 0.3 is 0 Å². The van der Waals surface area contributed by atoms with E-state index in [-0.39, 0.29) is 6.04 Å². The summed E-state index contributed by atoms with van der Waals surface area (Å²) in [7, 11) is 0. The van der Waals surface area contributed by atoms with Crippen LogP contribution in [0.2, 0.25) is 0 Å². The Morgan fingerprint density at radius 2 is 1.84 bits per heavy atom. The summed E-state index contributed by atoms with van der Waals surface area (Å²) < 4.78 is 0. The van der Waals surface area contributed by atoms with Crippen molar-refractivity contribution < 1.29 is 0 Å². The molecule has 3 heteroatoms. The van der Waals surface area contributed by atoms with Gasteiger partial charge in [0.25, 0.3) is 0 Å². The molecule has 3 N–H and O–H groups in total. The van der Waals surface area contributed by atoms with E-state index in [0.29, 0.717) is 5.92 Å². The van der Waals surface area contributed by atoms with Gasteiger partial charge in [0.2, 0.25) is 0 Å². The number of aryl methyl sites for hydroxylation is 1. The van der Waals surface area contributed by atoms with Crippen LogP contribution in [0.3, 0.4) is 0 Å². The summed E-state index contributed by atoms with van der Waals surface area (Å²) in [6, 6.07) is 13.0. The zero-order valence-electron chi connectivity index (χ0n) is 11.1. The third-order valence-corrected chi connectivity index (χ3v) is 4.03. The lowest BCUT2D eigenvalue weighted by atomic mass is 9.92. The van der Waals surface area contributed by atoms with Crippen LogP contribution in [0.5, 0.6) is 0 Å². The molecule has 1 aliphatic rings. The summed E-state index contributed by atoms with van der Waals surface area (Å²) in [6.07, 6.45) is 4.10. The van der Waals surface area contributed by atoms with Crippen molar-refractivity contribution in [1.82, 2.24) is 10.4 Å². The van der Waals surface area contributed by atoms with E-state index in [1.165, 1.54) is 16.7 Å². The number of pyridine rings is 1. The predicted octanol–water partition coefficient (Wildman–Crippen LogP) is 2.31. The number of benzene rings is 1. The van der Waals surface area contributed by atoms with E-state index in [1.54, 1.807) is 0 Å². The number of nitrogens with zero attached hydrogens (tertiary/aromatic N) is 1. The Morgan fingerprint density at radius 3 is 2.37 bits per heavy atom. The summed E-state index contributed by atoms with van der Waals surface area (Å²) >= 11 is 0. The van der Waals surface area contributed by atoms with E-state index >= 15 is 0 Å². The van der Waals surface area contributed by atoms with Gasteiger partial charge in [-0.05, 0) is 48.4 Å². The number of fused-ring (bicyclic) bond motifs is 1. The number of hydrogen-bond acceptors (Lipinski definition) is 3. The Kier molecular flexibility index (Phi) is 3.32. The second-order valence-corrected chi connectivity index (χ2v) is 5.31. The summed E-state index contributed by atoms with van der Waals surface area (Å²) in [5, 5.41) is 0. The molecule has 3 nitrogen and oxygen atoms in total. The van der Waals surface area contributed by atoms with Gasteiger partial charge < -0.3 is 0 Å². The molecular weight excluding hydrogens is 234 g/mol. The highest BCUT2D eigenvalue weighted by atomic mass is 15.2. The molecule has 0 fully saturated rings. The molecule has 3 rings (SSSR count). The van der Waals surface area contributed by atoms with Crippen LogP contribution in [-0.2, 0) is 12.8 Å². The topological polar surface area (TPSA) is 50.9 Å². The number of nitrogens with one attached hydrogen (secondary N) is 1. The number of nitrogens with two attached hydrogens (primary N) is 1. The zero-order valence-corrected chi connectivity index (χ0v) is 11.1. The van der Waals surface area contributed by atoms with Crippen LogP contribution in [0.25, 0.3) is 0 Å². The van der Waals surface area contributed by atoms with Crippen molar-refractivity contribution in [3.63, 3.8) is 0 Å². The molecule has 0 aliphatic heterocycles. The maximum absolute atomic E-state index is 5.78. The number of rotatable bonds is 3. The average molecular weight is 253 g/mol. The second kappa shape index (κ2) is 5.11. The van der Waals surface area contributed by atoms with Gasteiger partial charge in [-0.3, -0.25) is 16.3 Å². The third-order valence-electron chi connectivity index (χ3n) is 4.03. The van der Waals surface area contributed by atoms with Crippen molar-refractivity contribution in [1.29, 1.82) is 0 Å². The normalized spacial score (nSPS) is 16.3. The highest BCUT2D eigenvalue weighted by Crippen LogP contribution is 2.34. The summed E-state index contributed by atoms with van der Waals surface area (Å²) in [4.78, 5) is 4.37. The minimum atomic E-state index is 0.167. The van der Waals surface area contributed by atoms with Gasteiger partial charge in [0, 0.05) is 11.9 Å². The lowest BCUT2D eigenvalue weighted by Gasteiger charge is -2.22. The molecule has 1 atom stereocenters. The highest BCUT2D eigenvalue weighted by molar-refractivity contribution is 5.34. The Hall–Kier alpha value is -1.71. The fourth-order valence-corrected chi connectivity index (χ4v) is 3.00. The van der Waals surface area contributed by atoms with Crippen molar-refractivity contribution in [3.8, 4) is 0 Å². The van der Waals surface area contributed by atoms with Crippen molar-refractivity contribution in [2.24, 2.45) is 11.8 Å². The maximum Gasteiger partial charge on any atom is 0.0509 e. The molecular formula is C16H19N3. The predicted molar refractivity (Wildman–Crippen MR) is 76.4 cm³/mol. The molecule has 0 saturated heterocycles. The Bertz CT molecular complexity index is 537. The molecule has 98 valence electrons. The van der Waals surface area contributed by atoms with Gasteiger partial charge in [-0.25, -0.2) is 0 Å². The monoisotopic (exact) mass is 253 g/mol. The molecule has 0 bridgehead atoms. The van der Waals surface area contributed by atoms with Crippen LogP contribution >= 0.6 is 0 Å². The van der Waals surface area contributed by atoms with Crippen LogP contribution in [0.4, 0.5) is 0 Å². The number of hydrogen-bond donors (Lipinski definition) is 2. The molecule has 1 aromatic heterocycles. The molecule has 0 amide bonds. The van der Waals surface area contributed by atoms with Gasteiger partial charge in [0.05, 0.1) is 6.04 Å². The van der Waals surface area contributed by atoms with Crippen molar-refractivity contribution in [3.05, 3.63) is 65.0 Å². The largest absolute Gasteiger partial charge is 0.271 e. The first-order valence-electron chi connectivity index (χ1n) is 6.73. The molecule has 0 saturated carbocycles. The van der Waals surface area contributed by atoms with Crippen LogP contribution in [0, 0.1) is 12.8 Å². The average Bonchev–Trinajstić information content (AvgIpc) is 2.85. The van der Waals surface area contributed by atoms with Crippen LogP contribution in [0.1, 0.15) is 28.4 Å². The Morgan fingerprint density at radius 1 is 1.16 bits per heavy atom. The number of hydrazine groups is 1. The van der Waals surface area contributed by atoms with Crippen molar-refractivity contribution in [2.45, 2.75) is 25.8 Å². The molecule has 0 radical (unpaired) electrons. The van der Waals surface area contributed by atoms with Gasteiger partial charge in [-0.2, -0.15) is 0 Å². The molecule has 19 heavy (non-hydrogen) atoms. The first kappa shape index (κ1) is 12.3. The lowest BCUT2D eigenvalue weighted by Crippen LogP contribution is -2.34. The quantitative estimate of drug-likeness (QED) is 0.652. The van der Waals surface area contributed by atoms with E-state index in [1.807, 2.05) is 19.2 Å². The maximum atomic E-state index is 5.78. The fraction of sp³-hybridized carbons (Fsp3) is 0.312. The summed E-state index contributed by atoms with van der Waals surface area (Å²) in [5.41, 5.74) is 8.09. The molecule has 1 aliphatic carbocycles. The smallest absolute Gasteiger partial charge is 0.0509 e. The molecule has 1 heterocycles. The second-order valence-electron chi connectivity index (χ2n) is 5.31. The number of aromatic nitrogens is 1. The van der Waals surface area contributed by atoms with Crippen LogP contribution in [0.15, 0.2) is 42.6 Å². The first-order chi connectivity index (χ1) is 9.28. The molecule has 1 unspecified atom stereocenters. The fourth-order valence-electron chi connectivity index (χ4n) is 3.00. The Balaban J connectivity index is 1.83.